The first kappa shape index (κ1) is 27.9. The molecule has 5 heteroatoms. The lowest BCUT2D eigenvalue weighted by Crippen LogP contribution is -2.47. The van der Waals surface area contributed by atoms with Crippen LogP contribution in [0.15, 0.2) is 36.4 Å². The molecule has 1 aromatic rings. The Balaban J connectivity index is 0.000000564. The van der Waals surface area contributed by atoms with Crippen LogP contribution in [0, 0.1) is 10.8 Å². The van der Waals surface area contributed by atoms with Crippen molar-refractivity contribution in [3.05, 3.63) is 42.0 Å². The number of anilines is 1. The number of carbonyl (C=O) groups excluding carboxylic acids is 2. The lowest BCUT2D eigenvalue weighted by Gasteiger charge is -2.34. The Bertz CT molecular complexity index is 732. The molecule has 0 aliphatic rings. The van der Waals surface area contributed by atoms with E-state index in [1.165, 1.54) is 0 Å². The van der Waals surface area contributed by atoms with Crippen LogP contribution in [-0.4, -0.2) is 23.3 Å². The number of hydrogen-bond donors (Lipinski definition) is 3. The maximum Gasteiger partial charge on any atom is 0.219 e. The van der Waals surface area contributed by atoms with Gasteiger partial charge >= 0.3 is 0 Å². The second-order valence-corrected chi connectivity index (χ2v) is 11.1. The lowest BCUT2D eigenvalue weighted by atomic mass is 9.81. The van der Waals surface area contributed by atoms with Crippen LogP contribution < -0.4 is 16.8 Å². The molecule has 1 atom stereocenters. The number of nitrogen functional groups attached to an aromatic ring is 1. The van der Waals surface area contributed by atoms with Crippen LogP contribution in [0.4, 0.5) is 5.69 Å². The minimum atomic E-state index is -0.299. The molecular formula is C25H43N3O2. The summed E-state index contributed by atoms with van der Waals surface area (Å²) in [6, 6.07) is 7.16. The molecule has 0 aliphatic carbocycles. The van der Waals surface area contributed by atoms with Gasteiger partial charge in [-0.1, -0.05) is 65.8 Å². The summed E-state index contributed by atoms with van der Waals surface area (Å²) in [4.78, 5) is 22.9. The number of primary amides is 1. The summed E-state index contributed by atoms with van der Waals surface area (Å²) in [6.45, 7) is 22.7. The average Bonchev–Trinajstić information content (AvgIpc) is 2.50. The Morgan fingerprint density at radius 3 is 1.87 bits per heavy atom. The van der Waals surface area contributed by atoms with E-state index in [0.717, 1.165) is 5.57 Å². The fraction of sp³-hybridized carbons (Fsp3) is 0.600. The molecule has 30 heavy (non-hydrogen) atoms. The SMILES string of the molecule is C=C(C(CC(N)=O)NC(C)(C)C)C(C)(C)C.CC(C)(C)CC(=O)c1ccccc1N. The summed E-state index contributed by atoms with van der Waals surface area (Å²) in [6.07, 6.45) is 0.828. The van der Waals surface area contributed by atoms with E-state index in [2.05, 4.69) is 53.4 Å². The van der Waals surface area contributed by atoms with Gasteiger partial charge in [0.1, 0.15) is 0 Å². The molecule has 1 amide bonds. The van der Waals surface area contributed by atoms with Gasteiger partial charge in [0.25, 0.3) is 0 Å². The van der Waals surface area contributed by atoms with Crippen LogP contribution in [0.3, 0.4) is 0 Å². The highest BCUT2D eigenvalue weighted by Crippen LogP contribution is 2.28. The number of nitrogens with two attached hydrogens (primary N) is 2. The highest BCUT2D eigenvalue weighted by Gasteiger charge is 2.27. The van der Waals surface area contributed by atoms with Crippen molar-refractivity contribution in [1.82, 2.24) is 5.32 Å². The number of para-hydroxylation sites is 1. The highest BCUT2D eigenvalue weighted by atomic mass is 16.1. The minimum absolute atomic E-state index is 0.0133. The molecule has 0 aromatic heterocycles. The largest absolute Gasteiger partial charge is 0.398 e. The van der Waals surface area contributed by atoms with Gasteiger partial charge in [0.15, 0.2) is 5.78 Å². The van der Waals surface area contributed by atoms with Crippen molar-refractivity contribution < 1.29 is 9.59 Å². The lowest BCUT2D eigenvalue weighted by molar-refractivity contribution is -0.118. The first-order chi connectivity index (χ1) is 13.3. The molecule has 0 aliphatic heterocycles. The Hall–Kier alpha value is -2.14. The monoisotopic (exact) mass is 417 g/mol. The summed E-state index contributed by atoms with van der Waals surface area (Å²) in [5, 5.41) is 3.39. The van der Waals surface area contributed by atoms with Crippen LogP contribution in [0.2, 0.25) is 0 Å². The number of ketones is 1. The summed E-state index contributed by atoms with van der Waals surface area (Å²) >= 11 is 0. The zero-order valence-corrected chi connectivity index (χ0v) is 20.5. The molecule has 0 saturated carbocycles. The van der Waals surface area contributed by atoms with E-state index in [1.54, 1.807) is 12.1 Å². The first-order valence-electron chi connectivity index (χ1n) is 10.5. The summed E-state index contributed by atoms with van der Waals surface area (Å²) in [5.74, 6) is -0.178. The molecular weight excluding hydrogens is 374 g/mol. The smallest absolute Gasteiger partial charge is 0.219 e. The molecule has 1 rings (SSSR count). The molecule has 1 aromatic carbocycles. The van der Waals surface area contributed by atoms with Crippen LogP contribution in [0.25, 0.3) is 0 Å². The van der Waals surface area contributed by atoms with Gasteiger partial charge in [-0.3, -0.25) is 9.59 Å². The Labute approximate surface area is 183 Å². The van der Waals surface area contributed by atoms with E-state index in [-0.39, 0.29) is 34.1 Å². The molecule has 0 radical (unpaired) electrons. The average molecular weight is 418 g/mol. The van der Waals surface area contributed by atoms with Gasteiger partial charge in [0.05, 0.1) is 0 Å². The van der Waals surface area contributed by atoms with Crippen LogP contribution >= 0.6 is 0 Å². The van der Waals surface area contributed by atoms with Gasteiger partial charge < -0.3 is 16.8 Å². The van der Waals surface area contributed by atoms with Crippen molar-refractivity contribution in [2.45, 2.75) is 86.7 Å². The van der Waals surface area contributed by atoms with E-state index < -0.39 is 0 Å². The zero-order valence-electron chi connectivity index (χ0n) is 20.5. The number of carbonyl (C=O) groups is 2. The molecule has 0 heterocycles. The zero-order chi connectivity index (χ0) is 23.9. The Kier molecular flexibility index (Phi) is 9.99. The summed E-state index contributed by atoms with van der Waals surface area (Å²) < 4.78 is 0. The summed E-state index contributed by atoms with van der Waals surface area (Å²) in [7, 11) is 0. The number of hydrogen-bond acceptors (Lipinski definition) is 4. The standard InChI is InChI=1S/C13H26N2O.C12H17NO/c1-9(12(2,3)4)10(8-11(14)16)15-13(5,6)7;1-12(2,3)8-11(14)9-6-4-5-7-10(9)13/h10,15H,1,8H2,2-7H3,(H2,14,16);4-7H,8,13H2,1-3H3. The molecule has 170 valence electrons. The molecule has 5 nitrogen and oxygen atoms in total. The third-order valence-electron chi connectivity index (χ3n) is 4.35. The molecule has 0 fully saturated rings. The predicted molar refractivity (Wildman–Crippen MR) is 128 cm³/mol. The Morgan fingerprint density at radius 2 is 1.50 bits per heavy atom. The van der Waals surface area contributed by atoms with E-state index in [4.69, 9.17) is 11.5 Å². The quantitative estimate of drug-likeness (QED) is 0.340. The fourth-order valence-corrected chi connectivity index (χ4v) is 2.84. The van der Waals surface area contributed by atoms with Gasteiger partial charge in [0.2, 0.25) is 5.91 Å². The summed E-state index contributed by atoms with van der Waals surface area (Å²) in [5.41, 5.74) is 13.1. The Morgan fingerprint density at radius 1 is 1.00 bits per heavy atom. The number of rotatable bonds is 6. The number of benzene rings is 1. The second-order valence-electron chi connectivity index (χ2n) is 11.1. The van der Waals surface area contributed by atoms with E-state index in [1.807, 2.05) is 32.9 Å². The number of amides is 1. The molecule has 1 unspecified atom stereocenters. The van der Waals surface area contributed by atoms with Gasteiger partial charge in [0, 0.05) is 35.7 Å². The first-order valence-corrected chi connectivity index (χ1v) is 10.5. The maximum atomic E-state index is 11.8. The van der Waals surface area contributed by atoms with E-state index in [9.17, 15) is 9.59 Å². The normalized spacial score (nSPS) is 13.1. The third-order valence-corrected chi connectivity index (χ3v) is 4.35. The van der Waals surface area contributed by atoms with Crippen molar-refractivity contribution in [3.63, 3.8) is 0 Å². The van der Waals surface area contributed by atoms with Crippen molar-refractivity contribution in [1.29, 1.82) is 0 Å². The number of nitrogens with one attached hydrogen (secondary N) is 1. The molecule has 0 spiro atoms. The van der Waals surface area contributed by atoms with Gasteiger partial charge in [-0.05, 0) is 43.7 Å². The van der Waals surface area contributed by atoms with Gasteiger partial charge in [-0.15, -0.1) is 0 Å². The van der Waals surface area contributed by atoms with Crippen LogP contribution in [-0.2, 0) is 4.79 Å². The molecule has 0 saturated heterocycles. The molecule has 5 N–H and O–H groups in total. The molecule has 0 bridgehead atoms. The minimum Gasteiger partial charge on any atom is -0.398 e. The van der Waals surface area contributed by atoms with Crippen molar-refractivity contribution >= 4 is 17.4 Å². The van der Waals surface area contributed by atoms with Gasteiger partial charge in [-0.2, -0.15) is 0 Å². The predicted octanol–water partition coefficient (Wildman–Crippen LogP) is 5.11. The number of Topliss-reactive ketones (excluding diaryl/α,β-unsaturated/α-hetero) is 1. The van der Waals surface area contributed by atoms with E-state index in [0.29, 0.717) is 24.1 Å². The van der Waals surface area contributed by atoms with E-state index >= 15 is 0 Å². The topological polar surface area (TPSA) is 98.2 Å². The van der Waals surface area contributed by atoms with Crippen molar-refractivity contribution in [2.24, 2.45) is 16.6 Å². The van der Waals surface area contributed by atoms with Crippen molar-refractivity contribution in [2.75, 3.05) is 5.73 Å². The van der Waals surface area contributed by atoms with Crippen molar-refractivity contribution in [3.8, 4) is 0 Å². The maximum absolute atomic E-state index is 11.8. The second kappa shape index (κ2) is 10.8. The van der Waals surface area contributed by atoms with Gasteiger partial charge in [-0.25, -0.2) is 0 Å². The fourth-order valence-electron chi connectivity index (χ4n) is 2.84. The van der Waals surface area contributed by atoms with Crippen LogP contribution in [0.5, 0.6) is 0 Å². The highest BCUT2D eigenvalue weighted by molar-refractivity contribution is 6.00. The third kappa shape index (κ3) is 11.8. The van der Waals surface area contributed by atoms with Crippen LogP contribution in [0.1, 0.15) is 85.5 Å².